The molecule has 1 heterocycles. The summed E-state index contributed by atoms with van der Waals surface area (Å²) < 4.78 is 34.6. The first kappa shape index (κ1) is 29.0. The number of amides is 2. The molecule has 0 unspecified atom stereocenters. The highest BCUT2D eigenvalue weighted by Crippen LogP contribution is 2.20. The van der Waals surface area contributed by atoms with Gasteiger partial charge in [0, 0.05) is 36.6 Å². The van der Waals surface area contributed by atoms with Crippen LogP contribution in [-0.4, -0.2) is 22.4 Å². The lowest BCUT2D eigenvalue weighted by Gasteiger charge is -2.19. The first-order valence-electron chi connectivity index (χ1n) is 12.4. The molecule has 1 atom stereocenters. The maximum Gasteiger partial charge on any atom is 0.272 e. The zero-order valence-electron chi connectivity index (χ0n) is 22.1. The van der Waals surface area contributed by atoms with Gasteiger partial charge >= 0.3 is 0 Å². The number of nitrogens with zero attached hydrogens (tertiary/aromatic N) is 1. The number of carbonyl (C=O) groups is 2. The molecule has 204 valence electrons. The number of aromatic nitrogens is 1. The van der Waals surface area contributed by atoms with Gasteiger partial charge < -0.3 is 19.9 Å². The average molecular weight is 536 g/mol. The normalized spacial score (nSPS) is 12.0. The molecule has 0 bridgehead atoms. The second-order valence-corrected chi connectivity index (χ2v) is 8.98. The van der Waals surface area contributed by atoms with E-state index >= 15 is 0 Å². The number of halogens is 2. The van der Waals surface area contributed by atoms with Crippen LogP contribution in [0.2, 0.25) is 0 Å². The number of pyridine rings is 1. The number of hydrogen-bond acceptors (Lipinski definition) is 4. The van der Waals surface area contributed by atoms with Gasteiger partial charge in [-0.05, 0) is 31.9 Å². The zero-order valence-corrected chi connectivity index (χ0v) is 22.1. The second kappa shape index (κ2) is 13.3. The third-order valence-electron chi connectivity index (χ3n) is 5.96. The summed E-state index contributed by atoms with van der Waals surface area (Å²) in [6.45, 7) is 8.84. The van der Waals surface area contributed by atoms with Crippen molar-refractivity contribution in [2.45, 2.75) is 46.4 Å². The Hall–Kier alpha value is -4.53. The molecule has 9 heteroatoms. The van der Waals surface area contributed by atoms with E-state index in [0.717, 1.165) is 17.2 Å². The van der Waals surface area contributed by atoms with Crippen molar-refractivity contribution >= 4 is 18.0 Å². The molecule has 7 nitrogen and oxygen atoms in total. The molecule has 0 fully saturated rings. The Morgan fingerprint density at radius 3 is 2.49 bits per heavy atom. The maximum absolute atomic E-state index is 14.1. The monoisotopic (exact) mass is 535 g/mol. The van der Waals surface area contributed by atoms with E-state index < -0.39 is 34.9 Å². The van der Waals surface area contributed by atoms with E-state index in [1.54, 1.807) is 25.3 Å². The predicted octanol–water partition coefficient (Wildman–Crippen LogP) is 5.21. The molecule has 0 aliphatic rings. The lowest BCUT2D eigenvalue weighted by Crippen LogP contribution is -2.36. The highest BCUT2D eigenvalue weighted by molar-refractivity contribution is 5.99. The smallest absolute Gasteiger partial charge is 0.272 e. The van der Waals surface area contributed by atoms with Gasteiger partial charge in [0.25, 0.3) is 11.8 Å². The first-order valence-corrected chi connectivity index (χ1v) is 12.4. The molecule has 0 saturated heterocycles. The Bertz CT molecular complexity index is 1450. The number of hydrogen-bond donors (Lipinski definition) is 2. The molecule has 2 amide bonds. The molecule has 0 spiro atoms. The summed E-state index contributed by atoms with van der Waals surface area (Å²) in [5.41, 5.74) is 0.446. The molecular formula is C30H31F2N3O4. The molecule has 3 aromatic rings. The van der Waals surface area contributed by atoms with Crippen molar-refractivity contribution in [3.8, 4) is 5.75 Å². The summed E-state index contributed by atoms with van der Waals surface area (Å²) in [6.07, 6.45) is 5.07. The fourth-order valence-electron chi connectivity index (χ4n) is 3.56. The predicted molar refractivity (Wildman–Crippen MR) is 146 cm³/mol. The van der Waals surface area contributed by atoms with Crippen LogP contribution in [0.25, 0.3) is 6.20 Å². The van der Waals surface area contributed by atoms with Gasteiger partial charge in [0.2, 0.25) is 5.43 Å². The molecule has 2 aromatic carbocycles. The van der Waals surface area contributed by atoms with Crippen LogP contribution in [0.15, 0.2) is 77.8 Å². The van der Waals surface area contributed by atoms with Crippen molar-refractivity contribution in [2.24, 2.45) is 0 Å². The quantitative estimate of drug-likeness (QED) is 0.330. The summed E-state index contributed by atoms with van der Waals surface area (Å²) in [4.78, 5) is 40.1. The van der Waals surface area contributed by atoms with Gasteiger partial charge in [-0.1, -0.05) is 55.0 Å². The standard InChI is InChI=1S/C30H31F2N3O4/c1-5-19(3)16-35-17-24(29(37)33-15-22-12-13-23(31)14-25(22)32)27(36)28(26(35)30(38)34-20(4)6-2)39-18-21-10-8-7-9-11-21/h6-14,16-17,20H,2,5,15,18H2,1,3-4H3,(H,33,37)(H,34,38)/t20-/m0/s1. The second-order valence-electron chi connectivity index (χ2n) is 8.98. The SMILES string of the molecule is C=C[C@H](C)NC(=O)c1c(OCc2ccccc2)c(=O)c(C(=O)NCc2ccc(F)cc2F)cn1C=C(C)CC. The number of carbonyl (C=O) groups excluding carboxylic acids is 2. The Morgan fingerprint density at radius 1 is 1.13 bits per heavy atom. The van der Waals surface area contributed by atoms with Crippen LogP contribution in [0.3, 0.4) is 0 Å². The van der Waals surface area contributed by atoms with E-state index in [9.17, 15) is 23.2 Å². The van der Waals surface area contributed by atoms with Crippen LogP contribution in [0.1, 0.15) is 59.2 Å². The highest BCUT2D eigenvalue weighted by Gasteiger charge is 2.26. The molecule has 1 aromatic heterocycles. The number of ether oxygens (including phenoxy) is 1. The van der Waals surface area contributed by atoms with Crippen molar-refractivity contribution in [2.75, 3.05) is 0 Å². The lowest BCUT2D eigenvalue weighted by molar-refractivity contribution is 0.0923. The minimum Gasteiger partial charge on any atom is -0.483 e. The van der Waals surface area contributed by atoms with E-state index in [0.29, 0.717) is 12.5 Å². The number of allylic oxidation sites excluding steroid dienone is 1. The van der Waals surface area contributed by atoms with Crippen molar-refractivity contribution in [3.05, 3.63) is 117 Å². The van der Waals surface area contributed by atoms with Crippen LogP contribution >= 0.6 is 0 Å². The minimum atomic E-state index is -0.829. The molecule has 0 saturated carbocycles. The highest BCUT2D eigenvalue weighted by atomic mass is 19.1. The average Bonchev–Trinajstić information content (AvgIpc) is 2.92. The Kier molecular flexibility index (Phi) is 9.92. The van der Waals surface area contributed by atoms with E-state index in [2.05, 4.69) is 17.2 Å². The van der Waals surface area contributed by atoms with Crippen molar-refractivity contribution in [3.63, 3.8) is 0 Å². The summed E-state index contributed by atoms with van der Waals surface area (Å²) in [5.74, 6) is -3.29. The number of rotatable bonds is 11. The first-order chi connectivity index (χ1) is 18.6. The van der Waals surface area contributed by atoms with Gasteiger partial charge in [0.05, 0.1) is 0 Å². The molecule has 39 heavy (non-hydrogen) atoms. The van der Waals surface area contributed by atoms with Crippen LogP contribution < -0.4 is 20.8 Å². The van der Waals surface area contributed by atoms with Crippen molar-refractivity contribution in [1.29, 1.82) is 0 Å². The largest absolute Gasteiger partial charge is 0.483 e. The topological polar surface area (TPSA) is 89.4 Å². The number of nitrogens with one attached hydrogen (secondary N) is 2. The van der Waals surface area contributed by atoms with Gasteiger partial charge in [-0.15, -0.1) is 6.58 Å². The summed E-state index contributed by atoms with van der Waals surface area (Å²) >= 11 is 0. The van der Waals surface area contributed by atoms with E-state index in [-0.39, 0.29) is 35.7 Å². The minimum absolute atomic E-state index is 0.0320. The molecule has 0 radical (unpaired) electrons. The third-order valence-corrected chi connectivity index (χ3v) is 5.96. The molecule has 0 aliphatic carbocycles. The fourth-order valence-corrected chi connectivity index (χ4v) is 3.56. The van der Waals surface area contributed by atoms with Gasteiger partial charge in [-0.25, -0.2) is 8.78 Å². The Labute approximate surface area is 225 Å². The molecule has 0 aliphatic heterocycles. The fraction of sp³-hybridized carbons (Fsp3) is 0.233. The molecular weight excluding hydrogens is 504 g/mol. The summed E-state index contributed by atoms with van der Waals surface area (Å²) in [6, 6.07) is 11.6. The van der Waals surface area contributed by atoms with Gasteiger partial charge in [0.15, 0.2) is 11.4 Å². The number of benzene rings is 2. The van der Waals surface area contributed by atoms with Crippen LogP contribution in [0.4, 0.5) is 8.78 Å². The van der Waals surface area contributed by atoms with Crippen LogP contribution in [0, 0.1) is 11.6 Å². The molecule has 2 N–H and O–H groups in total. The zero-order chi connectivity index (χ0) is 28.5. The van der Waals surface area contributed by atoms with E-state index in [4.69, 9.17) is 4.74 Å². The lowest BCUT2D eigenvalue weighted by atomic mass is 10.1. The van der Waals surface area contributed by atoms with E-state index in [1.807, 2.05) is 32.0 Å². The van der Waals surface area contributed by atoms with Crippen LogP contribution in [-0.2, 0) is 13.2 Å². The van der Waals surface area contributed by atoms with Gasteiger partial charge in [0.1, 0.15) is 23.8 Å². The Morgan fingerprint density at radius 2 is 1.85 bits per heavy atom. The summed E-state index contributed by atoms with van der Waals surface area (Å²) in [7, 11) is 0. The Balaban J connectivity index is 2.11. The van der Waals surface area contributed by atoms with Crippen molar-refractivity contribution < 1.29 is 23.1 Å². The third kappa shape index (κ3) is 7.50. The van der Waals surface area contributed by atoms with Crippen LogP contribution in [0.5, 0.6) is 5.75 Å². The molecule has 3 rings (SSSR count). The van der Waals surface area contributed by atoms with Gasteiger partial charge in [-0.2, -0.15) is 0 Å². The van der Waals surface area contributed by atoms with E-state index in [1.165, 1.54) is 22.9 Å². The van der Waals surface area contributed by atoms with Crippen molar-refractivity contribution in [1.82, 2.24) is 15.2 Å². The maximum atomic E-state index is 14.1. The summed E-state index contributed by atoms with van der Waals surface area (Å²) in [5, 5.41) is 5.25. The van der Waals surface area contributed by atoms with Gasteiger partial charge in [-0.3, -0.25) is 14.4 Å².